The first kappa shape index (κ1) is 12.1. The van der Waals surface area contributed by atoms with E-state index in [9.17, 15) is 4.79 Å². The smallest absolute Gasteiger partial charge is 0.207 e. The summed E-state index contributed by atoms with van der Waals surface area (Å²) in [4.78, 5) is 21.4. The number of piperazine rings is 1. The predicted octanol–water partition coefficient (Wildman–Crippen LogP) is -0.620. The molecular weight excluding hydrogens is 220 g/mol. The molecule has 0 saturated carbocycles. The Morgan fingerprint density at radius 1 is 1.41 bits per heavy atom. The minimum atomic E-state index is -1.07. The number of aromatic nitrogens is 2. The zero-order valence-electron chi connectivity index (χ0n) is 9.80. The van der Waals surface area contributed by atoms with Crippen LogP contribution in [0.25, 0.3) is 0 Å². The summed E-state index contributed by atoms with van der Waals surface area (Å²) in [6.45, 7) is 3.18. The number of carbonyl (C=O) groups is 1. The van der Waals surface area contributed by atoms with Gasteiger partial charge in [-0.15, -0.1) is 0 Å². The molecule has 0 aliphatic carbocycles. The zero-order valence-corrected chi connectivity index (χ0v) is 9.80. The summed E-state index contributed by atoms with van der Waals surface area (Å²) in [5, 5.41) is 3.24. The average Bonchev–Trinajstić information content (AvgIpc) is 2.43. The molecular formula is C11H16N4O2. The molecule has 2 heterocycles. The number of nitrogens with zero attached hydrogens (tertiary/aromatic N) is 3. The van der Waals surface area contributed by atoms with Crippen LogP contribution in [0.1, 0.15) is 5.56 Å². The Hall–Kier alpha value is -1.37. The highest BCUT2D eigenvalue weighted by Gasteiger charge is 2.39. The van der Waals surface area contributed by atoms with Crippen LogP contribution in [0.3, 0.4) is 0 Å². The van der Waals surface area contributed by atoms with Gasteiger partial charge in [-0.25, -0.2) is 9.97 Å². The molecule has 1 unspecified atom stereocenters. The molecule has 1 aliphatic heterocycles. The first-order chi connectivity index (χ1) is 8.33. The number of hydrogen-bond acceptors (Lipinski definition) is 6. The molecule has 0 radical (unpaired) electrons. The van der Waals surface area contributed by atoms with E-state index in [1.807, 2.05) is 4.90 Å². The van der Waals surface area contributed by atoms with Crippen LogP contribution in [0.15, 0.2) is 18.7 Å². The number of rotatable bonds is 4. The Labute approximate surface area is 100 Å². The van der Waals surface area contributed by atoms with Crippen LogP contribution in [0.5, 0.6) is 0 Å². The number of carbonyl (C=O) groups excluding carboxylic acids is 1. The number of nitrogens with one attached hydrogen (secondary N) is 1. The van der Waals surface area contributed by atoms with Crippen molar-refractivity contribution in [3.05, 3.63) is 24.3 Å². The molecule has 0 bridgehead atoms. The maximum atomic E-state index is 11.5. The van der Waals surface area contributed by atoms with Gasteiger partial charge < -0.3 is 10.1 Å². The molecule has 17 heavy (non-hydrogen) atoms. The lowest BCUT2D eigenvalue weighted by atomic mass is 10.0. The van der Waals surface area contributed by atoms with E-state index in [0.717, 1.165) is 32.5 Å². The fourth-order valence-corrected chi connectivity index (χ4v) is 2.10. The van der Waals surface area contributed by atoms with E-state index in [1.165, 1.54) is 13.4 Å². The molecule has 0 aromatic carbocycles. The highest BCUT2D eigenvalue weighted by Crippen LogP contribution is 2.26. The lowest BCUT2D eigenvalue weighted by Gasteiger charge is -2.40. The molecule has 1 atom stereocenters. The number of hydrogen-bond donors (Lipinski definition) is 1. The highest BCUT2D eigenvalue weighted by atomic mass is 16.5. The van der Waals surface area contributed by atoms with Crippen LogP contribution in [0.4, 0.5) is 0 Å². The summed E-state index contributed by atoms with van der Waals surface area (Å²) in [6, 6.07) is 0. The lowest BCUT2D eigenvalue weighted by Crippen LogP contribution is -2.56. The molecule has 2 rings (SSSR count). The van der Waals surface area contributed by atoms with Crippen molar-refractivity contribution in [2.45, 2.75) is 5.72 Å². The third kappa shape index (κ3) is 2.19. The van der Waals surface area contributed by atoms with Crippen LogP contribution in [0, 0.1) is 0 Å². The fraction of sp³-hybridized carbons (Fsp3) is 0.545. The van der Waals surface area contributed by atoms with Gasteiger partial charge in [0.15, 0.2) is 6.29 Å². The van der Waals surface area contributed by atoms with Crippen molar-refractivity contribution in [3.8, 4) is 0 Å². The quantitative estimate of drug-likeness (QED) is 0.703. The Morgan fingerprint density at radius 2 is 2.06 bits per heavy atom. The Kier molecular flexibility index (Phi) is 3.78. The Morgan fingerprint density at radius 3 is 2.59 bits per heavy atom. The van der Waals surface area contributed by atoms with Gasteiger partial charge >= 0.3 is 0 Å². The van der Waals surface area contributed by atoms with Crippen LogP contribution in [0.2, 0.25) is 0 Å². The second-order valence-electron chi connectivity index (χ2n) is 3.88. The van der Waals surface area contributed by atoms with E-state index < -0.39 is 5.72 Å². The second kappa shape index (κ2) is 5.31. The minimum absolute atomic E-state index is 0.666. The summed E-state index contributed by atoms with van der Waals surface area (Å²) in [5.74, 6) is 0. The largest absolute Gasteiger partial charge is 0.353 e. The topological polar surface area (TPSA) is 67.3 Å². The molecule has 1 N–H and O–H groups in total. The third-order valence-corrected chi connectivity index (χ3v) is 3.03. The Balaban J connectivity index is 2.34. The van der Waals surface area contributed by atoms with Gasteiger partial charge in [0.25, 0.3) is 0 Å². The fourth-order valence-electron chi connectivity index (χ4n) is 2.10. The number of aldehydes is 1. The zero-order chi connectivity index (χ0) is 12.1. The summed E-state index contributed by atoms with van der Waals surface area (Å²) in [7, 11) is 1.53. The van der Waals surface area contributed by atoms with E-state index in [2.05, 4.69) is 15.3 Å². The third-order valence-electron chi connectivity index (χ3n) is 3.03. The van der Waals surface area contributed by atoms with E-state index in [0.29, 0.717) is 5.56 Å². The van der Waals surface area contributed by atoms with E-state index in [1.54, 1.807) is 12.4 Å². The van der Waals surface area contributed by atoms with Gasteiger partial charge in [-0.05, 0) is 0 Å². The van der Waals surface area contributed by atoms with Gasteiger partial charge in [-0.1, -0.05) is 0 Å². The molecule has 1 aliphatic rings. The van der Waals surface area contributed by atoms with Crippen molar-refractivity contribution in [3.63, 3.8) is 0 Å². The van der Waals surface area contributed by atoms with Crippen molar-refractivity contribution in [1.29, 1.82) is 0 Å². The molecule has 92 valence electrons. The van der Waals surface area contributed by atoms with Gasteiger partial charge in [0.2, 0.25) is 5.72 Å². The SMILES string of the molecule is COC(C=O)(c1cncnc1)N1CCNCC1. The average molecular weight is 236 g/mol. The first-order valence-electron chi connectivity index (χ1n) is 5.56. The summed E-state index contributed by atoms with van der Waals surface area (Å²) >= 11 is 0. The maximum absolute atomic E-state index is 11.5. The molecule has 0 spiro atoms. The van der Waals surface area contributed by atoms with Crippen LogP contribution in [-0.4, -0.2) is 54.4 Å². The number of methoxy groups -OCH3 is 1. The van der Waals surface area contributed by atoms with Crippen molar-refractivity contribution in [2.24, 2.45) is 0 Å². The molecule has 1 aromatic rings. The molecule has 0 amide bonds. The van der Waals surface area contributed by atoms with Crippen LogP contribution < -0.4 is 5.32 Å². The minimum Gasteiger partial charge on any atom is -0.353 e. The van der Waals surface area contributed by atoms with Gasteiger partial charge in [0.1, 0.15) is 6.33 Å². The molecule has 6 nitrogen and oxygen atoms in total. The van der Waals surface area contributed by atoms with Crippen molar-refractivity contribution >= 4 is 6.29 Å². The van der Waals surface area contributed by atoms with Gasteiger partial charge in [0, 0.05) is 51.2 Å². The standard InChI is InChI=1S/C11H16N4O2/c1-17-11(8-16,10-6-13-9-14-7-10)15-4-2-12-3-5-15/h6-9,12H,2-5H2,1H3. The van der Waals surface area contributed by atoms with E-state index in [4.69, 9.17) is 4.74 Å². The molecule has 6 heteroatoms. The van der Waals surface area contributed by atoms with E-state index >= 15 is 0 Å². The van der Waals surface area contributed by atoms with Crippen molar-refractivity contribution in [1.82, 2.24) is 20.2 Å². The molecule has 1 aromatic heterocycles. The second-order valence-corrected chi connectivity index (χ2v) is 3.88. The molecule has 1 fully saturated rings. The van der Waals surface area contributed by atoms with Crippen LogP contribution >= 0.6 is 0 Å². The lowest BCUT2D eigenvalue weighted by molar-refractivity contribution is -0.162. The highest BCUT2D eigenvalue weighted by molar-refractivity contribution is 5.65. The van der Waals surface area contributed by atoms with Crippen molar-refractivity contribution < 1.29 is 9.53 Å². The Bertz CT molecular complexity index is 367. The maximum Gasteiger partial charge on any atom is 0.207 e. The van der Waals surface area contributed by atoms with Gasteiger partial charge in [0.05, 0.1) is 0 Å². The van der Waals surface area contributed by atoms with Crippen LogP contribution in [-0.2, 0) is 15.3 Å². The van der Waals surface area contributed by atoms with Gasteiger partial charge in [-0.2, -0.15) is 0 Å². The summed E-state index contributed by atoms with van der Waals surface area (Å²) < 4.78 is 5.46. The van der Waals surface area contributed by atoms with Crippen molar-refractivity contribution in [2.75, 3.05) is 33.3 Å². The first-order valence-corrected chi connectivity index (χ1v) is 5.56. The number of ether oxygens (including phenoxy) is 1. The van der Waals surface area contributed by atoms with Gasteiger partial charge in [-0.3, -0.25) is 9.69 Å². The predicted molar refractivity (Wildman–Crippen MR) is 61.2 cm³/mol. The summed E-state index contributed by atoms with van der Waals surface area (Å²) in [5.41, 5.74) is -0.400. The monoisotopic (exact) mass is 236 g/mol. The molecule has 1 saturated heterocycles. The van der Waals surface area contributed by atoms with E-state index in [-0.39, 0.29) is 0 Å². The summed E-state index contributed by atoms with van der Waals surface area (Å²) in [6.07, 6.45) is 5.49. The normalized spacial score (nSPS) is 20.8.